The topological polar surface area (TPSA) is 120 Å². The SMILES string of the molecule is N#Cc1ccsc1NC(=O)C1=NN(C2CCS(=O)(=O)C2)C(=O)CC1. The van der Waals surface area contributed by atoms with Crippen molar-refractivity contribution in [1.29, 1.82) is 5.26 Å². The largest absolute Gasteiger partial charge is 0.311 e. The van der Waals surface area contributed by atoms with E-state index in [0.717, 1.165) is 5.01 Å². The lowest BCUT2D eigenvalue weighted by molar-refractivity contribution is -0.133. The van der Waals surface area contributed by atoms with Crippen molar-refractivity contribution in [2.45, 2.75) is 25.3 Å². The van der Waals surface area contributed by atoms with Gasteiger partial charge >= 0.3 is 0 Å². The number of rotatable bonds is 3. The summed E-state index contributed by atoms with van der Waals surface area (Å²) in [5.74, 6) is -0.852. The highest BCUT2D eigenvalue weighted by Crippen LogP contribution is 2.24. The van der Waals surface area contributed by atoms with Gasteiger partial charge in [-0.3, -0.25) is 9.59 Å². The van der Waals surface area contributed by atoms with Crippen molar-refractivity contribution in [3.05, 3.63) is 17.0 Å². The zero-order valence-electron chi connectivity index (χ0n) is 12.6. The van der Waals surface area contributed by atoms with Crippen LogP contribution >= 0.6 is 11.3 Å². The summed E-state index contributed by atoms with van der Waals surface area (Å²) in [6, 6.07) is 3.07. The Morgan fingerprint density at radius 2 is 2.25 bits per heavy atom. The maximum absolute atomic E-state index is 12.3. The van der Waals surface area contributed by atoms with Crippen LogP contribution in [0.15, 0.2) is 16.5 Å². The van der Waals surface area contributed by atoms with Crippen molar-refractivity contribution in [2.24, 2.45) is 5.10 Å². The Bertz CT molecular complexity index is 866. The molecule has 0 radical (unpaired) electrons. The van der Waals surface area contributed by atoms with E-state index in [1.54, 1.807) is 11.4 Å². The van der Waals surface area contributed by atoms with E-state index in [1.165, 1.54) is 11.3 Å². The molecule has 1 aromatic rings. The van der Waals surface area contributed by atoms with Crippen LogP contribution in [0.25, 0.3) is 0 Å². The normalized spacial score (nSPS) is 22.8. The fourth-order valence-corrected chi connectivity index (χ4v) is 5.08. The molecule has 0 bridgehead atoms. The third-order valence-electron chi connectivity index (χ3n) is 3.89. The number of anilines is 1. The molecule has 1 fully saturated rings. The molecule has 2 aliphatic rings. The van der Waals surface area contributed by atoms with Crippen molar-refractivity contribution < 1.29 is 18.0 Å². The van der Waals surface area contributed by atoms with Gasteiger partial charge in [0.25, 0.3) is 5.91 Å². The highest BCUT2D eigenvalue weighted by Gasteiger charge is 2.37. The number of amides is 2. The number of thiophene rings is 1. The number of hydrogen-bond acceptors (Lipinski definition) is 7. The van der Waals surface area contributed by atoms with Crippen LogP contribution in [-0.2, 0) is 19.4 Å². The molecule has 0 spiro atoms. The summed E-state index contributed by atoms with van der Waals surface area (Å²) in [7, 11) is -3.15. The molecule has 0 aromatic carbocycles. The second-order valence-corrected chi connectivity index (χ2v) is 8.72. The third-order valence-corrected chi connectivity index (χ3v) is 6.47. The zero-order chi connectivity index (χ0) is 17.3. The number of nitrogens with one attached hydrogen (secondary N) is 1. The molecule has 1 atom stereocenters. The van der Waals surface area contributed by atoms with Gasteiger partial charge in [0.05, 0.1) is 23.1 Å². The summed E-state index contributed by atoms with van der Waals surface area (Å²) < 4.78 is 23.2. The summed E-state index contributed by atoms with van der Waals surface area (Å²) >= 11 is 1.22. The van der Waals surface area contributed by atoms with Crippen molar-refractivity contribution in [1.82, 2.24) is 5.01 Å². The first kappa shape index (κ1) is 16.6. The average molecular weight is 366 g/mol. The van der Waals surface area contributed by atoms with Crippen LogP contribution in [0, 0.1) is 11.3 Å². The van der Waals surface area contributed by atoms with E-state index in [1.807, 2.05) is 6.07 Å². The van der Waals surface area contributed by atoms with Crippen molar-refractivity contribution >= 4 is 43.7 Å². The van der Waals surface area contributed by atoms with Gasteiger partial charge in [-0.05, 0) is 17.9 Å². The van der Waals surface area contributed by atoms with Gasteiger partial charge in [0.2, 0.25) is 5.91 Å². The molecule has 3 rings (SSSR count). The van der Waals surface area contributed by atoms with Crippen LogP contribution in [0.3, 0.4) is 0 Å². The Balaban J connectivity index is 1.78. The predicted octanol–water partition coefficient (Wildman–Crippen LogP) is 0.724. The molecule has 10 heteroatoms. The minimum absolute atomic E-state index is 0.0270. The first-order chi connectivity index (χ1) is 11.4. The molecule has 1 saturated heterocycles. The van der Waals surface area contributed by atoms with E-state index in [9.17, 15) is 18.0 Å². The maximum atomic E-state index is 12.3. The first-order valence-corrected chi connectivity index (χ1v) is 9.98. The van der Waals surface area contributed by atoms with E-state index in [4.69, 9.17) is 5.26 Å². The van der Waals surface area contributed by atoms with Gasteiger partial charge in [0.1, 0.15) is 16.8 Å². The van der Waals surface area contributed by atoms with Gasteiger partial charge in [-0.15, -0.1) is 11.3 Å². The fourth-order valence-electron chi connectivity index (χ4n) is 2.66. The maximum Gasteiger partial charge on any atom is 0.272 e. The molecule has 3 heterocycles. The monoisotopic (exact) mass is 366 g/mol. The van der Waals surface area contributed by atoms with Gasteiger partial charge in [-0.2, -0.15) is 10.4 Å². The summed E-state index contributed by atoms with van der Waals surface area (Å²) in [5, 5.41) is 18.9. The van der Waals surface area contributed by atoms with Gasteiger partial charge < -0.3 is 5.32 Å². The Morgan fingerprint density at radius 3 is 2.92 bits per heavy atom. The Labute approximate surface area is 142 Å². The molecule has 0 aliphatic carbocycles. The molecule has 1 N–H and O–H groups in total. The lowest BCUT2D eigenvalue weighted by atomic mass is 10.1. The lowest BCUT2D eigenvalue weighted by Gasteiger charge is -2.27. The van der Waals surface area contributed by atoms with E-state index in [0.29, 0.717) is 17.0 Å². The second-order valence-electron chi connectivity index (χ2n) is 5.57. The van der Waals surface area contributed by atoms with Crippen LogP contribution in [0.2, 0.25) is 0 Å². The number of hydrazone groups is 1. The average Bonchev–Trinajstić information content (AvgIpc) is 3.13. The first-order valence-electron chi connectivity index (χ1n) is 7.28. The Morgan fingerprint density at radius 1 is 1.46 bits per heavy atom. The van der Waals surface area contributed by atoms with Crippen molar-refractivity contribution in [2.75, 3.05) is 16.8 Å². The number of carbonyl (C=O) groups is 2. The number of hydrogen-bond donors (Lipinski definition) is 1. The molecule has 8 nitrogen and oxygen atoms in total. The van der Waals surface area contributed by atoms with Crippen LogP contribution in [0.4, 0.5) is 5.00 Å². The summed E-state index contributed by atoms with van der Waals surface area (Å²) in [6.45, 7) is 0. The molecule has 1 aromatic heterocycles. The van der Waals surface area contributed by atoms with Crippen LogP contribution in [0.1, 0.15) is 24.8 Å². The van der Waals surface area contributed by atoms with Gasteiger partial charge in [0.15, 0.2) is 9.84 Å². The second kappa shape index (κ2) is 6.33. The summed E-state index contributed by atoms with van der Waals surface area (Å²) in [4.78, 5) is 24.4. The predicted molar refractivity (Wildman–Crippen MR) is 88.2 cm³/mol. The Kier molecular flexibility index (Phi) is 4.38. The van der Waals surface area contributed by atoms with Gasteiger partial charge in [-0.25, -0.2) is 13.4 Å². The number of carbonyl (C=O) groups excluding carboxylic acids is 2. The van der Waals surface area contributed by atoms with Gasteiger partial charge in [0, 0.05) is 12.8 Å². The van der Waals surface area contributed by atoms with Gasteiger partial charge in [-0.1, -0.05) is 0 Å². The van der Waals surface area contributed by atoms with Crippen LogP contribution in [-0.4, -0.2) is 48.5 Å². The molecule has 2 amide bonds. The highest BCUT2D eigenvalue weighted by atomic mass is 32.2. The number of nitrogens with zero attached hydrogens (tertiary/aromatic N) is 3. The number of sulfone groups is 1. The lowest BCUT2D eigenvalue weighted by Crippen LogP contribution is -2.42. The highest BCUT2D eigenvalue weighted by molar-refractivity contribution is 7.91. The van der Waals surface area contributed by atoms with Crippen LogP contribution in [0.5, 0.6) is 0 Å². The molecule has 2 aliphatic heterocycles. The third kappa shape index (κ3) is 3.32. The summed E-state index contributed by atoms with van der Waals surface area (Å²) in [6.07, 6.45) is 0.627. The standard InChI is InChI=1S/C14H14N4O4S2/c15-7-9-3-5-23-14(9)16-13(20)11-1-2-12(19)18(17-11)10-4-6-24(21,22)8-10/h3,5,10H,1-2,4,6,8H2,(H,16,20). The molecule has 1 unspecified atom stereocenters. The number of nitriles is 1. The fraction of sp³-hybridized carbons (Fsp3) is 0.429. The van der Waals surface area contributed by atoms with E-state index in [-0.39, 0.29) is 36.0 Å². The van der Waals surface area contributed by atoms with E-state index < -0.39 is 21.8 Å². The molecule has 0 saturated carbocycles. The smallest absolute Gasteiger partial charge is 0.272 e. The minimum Gasteiger partial charge on any atom is -0.311 e. The molecular weight excluding hydrogens is 352 g/mol. The minimum atomic E-state index is -3.15. The van der Waals surface area contributed by atoms with Crippen LogP contribution < -0.4 is 5.32 Å². The van der Waals surface area contributed by atoms with Crippen molar-refractivity contribution in [3.8, 4) is 6.07 Å². The molecular formula is C14H14N4O4S2. The molecule has 24 heavy (non-hydrogen) atoms. The molecule has 126 valence electrons. The zero-order valence-corrected chi connectivity index (χ0v) is 14.2. The van der Waals surface area contributed by atoms with E-state index in [2.05, 4.69) is 10.4 Å². The van der Waals surface area contributed by atoms with E-state index >= 15 is 0 Å². The summed E-state index contributed by atoms with van der Waals surface area (Å²) in [5.41, 5.74) is 0.524. The van der Waals surface area contributed by atoms with Crippen molar-refractivity contribution in [3.63, 3.8) is 0 Å². The quantitative estimate of drug-likeness (QED) is 0.845. The Hall–Kier alpha value is -2.25.